The van der Waals surface area contributed by atoms with E-state index in [-0.39, 0.29) is 17.9 Å². The molecule has 0 aliphatic heterocycles. The Morgan fingerprint density at radius 1 is 1.27 bits per heavy atom. The van der Waals surface area contributed by atoms with Gasteiger partial charge in [-0.3, -0.25) is 9.59 Å². The molecule has 0 saturated heterocycles. The summed E-state index contributed by atoms with van der Waals surface area (Å²) >= 11 is 0. The van der Waals surface area contributed by atoms with Gasteiger partial charge in [0.25, 0.3) is 0 Å². The van der Waals surface area contributed by atoms with Crippen molar-refractivity contribution in [1.82, 2.24) is 4.72 Å². The lowest BCUT2D eigenvalue weighted by atomic mass is 9.96. The smallest absolute Gasteiger partial charge is 0.312 e. The van der Waals surface area contributed by atoms with E-state index in [1.165, 1.54) is 12.1 Å². The highest BCUT2D eigenvalue weighted by Crippen LogP contribution is 2.09. The Labute approximate surface area is 127 Å². The number of nitrogens with one attached hydrogen (secondary N) is 2. The summed E-state index contributed by atoms with van der Waals surface area (Å²) in [6.45, 7) is -0.674. The fourth-order valence-electron chi connectivity index (χ4n) is 1.72. The Hall–Kier alpha value is -2.10. The zero-order chi connectivity index (χ0) is 16.8. The maximum Gasteiger partial charge on any atom is 0.312 e. The molecule has 0 bridgehead atoms. The van der Waals surface area contributed by atoms with Gasteiger partial charge in [0.05, 0.1) is 17.2 Å². The number of nitrogens with two attached hydrogens (primary N) is 1. The van der Waals surface area contributed by atoms with Crippen LogP contribution in [0.2, 0.25) is 0 Å². The molecular weight excluding hydrogens is 310 g/mol. The van der Waals surface area contributed by atoms with Crippen LogP contribution in [0.3, 0.4) is 0 Å². The molecule has 0 fully saturated rings. The molecule has 0 amide bonds. The van der Waals surface area contributed by atoms with Crippen LogP contribution in [-0.4, -0.2) is 44.1 Å². The number of ketones is 1. The first-order chi connectivity index (χ1) is 10.3. The first-order valence-corrected chi connectivity index (χ1v) is 7.87. The molecule has 1 aromatic rings. The van der Waals surface area contributed by atoms with Crippen LogP contribution in [0.5, 0.6) is 0 Å². The van der Waals surface area contributed by atoms with Crippen LogP contribution >= 0.6 is 0 Å². The van der Waals surface area contributed by atoms with Gasteiger partial charge < -0.3 is 16.2 Å². The van der Waals surface area contributed by atoms with Gasteiger partial charge in [0, 0.05) is 6.54 Å². The van der Waals surface area contributed by atoms with E-state index in [0.29, 0.717) is 0 Å². The third-order valence-corrected chi connectivity index (χ3v) is 4.39. The van der Waals surface area contributed by atoms with Crippen molar-refractivity contribution in [3.8, 4) is 0 Å². The maximum absolute atomic E-state index is 11.9. The average Bonchev–Trinajstić information content (AvgIpc) is 2.50. The minimum absolute atomic E-state index is 0.0509. The number of rotatable bonds is 9. The van der Waals surface area contributed by atoms with Crippen LogP contribution in [-0.2, 0) is 19.6 Å². The standard InChI is InChI=1S/C13H17N3O5S/c14-8-11(17)12(15)10(13(18)19)6-7-16-22(20,21)9-4-2-1-3-5-9/h1-5,10,15-16H,6-8,14H2,(H,18,19). The fourth-order valence-corrected chi connectivity index (χ4v) is 2.78. The van der Waals surface area contributed by atoms with Crippen LogP contribution < -0.4 is 10.5 Å². The molecule has 1 unspecified atom stereocenters. The normalized spacial score (nSPS) is 12.6. The Morgan fingerprint density at radius 3 is 2.36 bits per heavy atom. The summed E-state index contributed by atoms with van der Waals surface area (Å²) in [5, 5.41) is 16.5. The van der Waals surface area contributed by atoms with Gasteiger partial charge in [0.15, 0.2) is 5.78 Å². The molecule has 0 aliphatic carbocycles. The van der Waals surface area contributed by atoms with Crippen molar-refractivity contribution in [2.24, 2.45) is 11.7 Å². The lowest BCUT2D eigenvalue weighted by Gasteiger charge is -2.13. The molecule has 0 aromatic heterocycles. The topological polar surface area (TPSA) is 150 Å². The van der Waals surface area contributed by atoms with Gasteiger partial charge in [-0.25, -0.2) is 13.1 Å². The molecule has 0 spiro atoms. The van der Waals surface area contributed by atoms with Gasteiger partial charge >= 0.3 is 5.97 Å². The van der Waals surface area contributed by atoms with E-state index in [0.717, 1.165) is 0 Å². The monoisotopic (exact) mass is 327 g/mol. The van der Waals surface area contributed by atoms with Crippen molar-refractivity contribution in [3.05, 3.63) is 30.3 Å². The highest BCUT2D eigenvalue weighted by molar-refractivity contribution is 7.89. The quantitative estimate of drug-likeness (QED) is 0.453. The number of hydrogen-bond acceptors (Lipinski definition) is 6. The molecule has 0 saturated carbocycles. The van der Waals surface area contributed by atoms with Crippen molar-refractivity contribution in [2.75, 3.05) is 13.1 Å². The number of benzene rings is 1. The number of carbonyl (C=O) groups is 2. The maximum atomic E-state index is 11.9. The molecule has 1 aromatic carbocycles. The van der Waals surface area contributed by atoms with Crippen LogP contribution in [0, 0.1) is 11.3 Å². The molecule has 120 valence electrons. The van der Waals surface area contributed by atoms with Crippen LogP contribution in [0.1, 0.15) is 6.42 Å². The molecule has 0 aliphatic rings. The first-order valence-electron chi connectivity index (χ1n) is 6.39. The number of hydrogen-bond donors (Lipinski definition) is 4. The van der Waals surface area contributed by atoms with Gasteiger partial charge in [-0.15, -0.1) is 0 Å². The van der Waals surface area contributed by atoms with E-state index >= 15 is 0 Å². The van der Waals surface area contributed by atoms with E-state index in [1.807, 2.05) is 0 Å². The molecule has 1 atom stereocenters. The van der Waals surface area contributed by atoms with Crippen molar-refractivity contribution >= 4 is 27.5 Å². The van der Waals surface area contributed by atoms with Crippen molar-refractivity contribution in [2.45, 2.75) is 11.3 Å². The van der Waals surface area contributed by atoms with E-state index in [1.54, 1.807) is 18.2 Å². The van der Waals surface area contributed by atoms with Gasteiger partial charge in [-0.2, -0.15) is 0 Å². The summed E-state index contributed by atoms with van der Waals surface area (Å²) in [6.07, 6.45) is -0.216. The zero-order valence-corrected chi connectivity index (χ0v) is 12.5. The van der Waals surface area contributed by atoms with Crippen molar-refractivity contribution in [3.63, 3.8) is 0 Å². The highest BCUT2D eigenvalue weighted by atomic mass is 32.2. The second kappa shape index (κ2) is 7.78. The van der Waals surface area contributed by atoms with Crippen LogP contribution in [0.4, 0.5) is 0 Å². The fraction of sp³-hybridized carbons (Fsp3) is 0.308. The third kappa shape index (κ3) is 4.72. The number of sulfonamides is 1. The Morgan fingerprint density at radius 2 is 1.86 bits per heavy atom. The summed E-state index contributed by atoms with van der Waals surface area (Å²) in [5.41, 5.74) is 4.46. The Kier molecular flexibility index (Phi) is 6.35. The number of carboxylic acids is 1. The van der Waals surface area contributed by atoms with E-state index in [2.05, 4.69) is 4.72 Å². The van der Waals surface area contributed by atoms with Crippen molar-refractivity contribution in [1.29, 1.82) is 5.41 Å². The molecule has 22 heavy (non-hydrogen) atoms. The van der Waals surface area contributed by atoms with Gasteiger partial charge in [0.2, 0.25) is 10.0 Å². The number of carboxylic acid groups (broad SMARTS) is 1. The lowest BCUT2D eigenvalue weighted by Crippen LogP contribution is -2.36. The summed E-state index contributed by atoms with van der Waals surface area (Å²) < 4.78 is 26.1. The number of Topliss-reactive ketones (excluding diaryl/α,β-unsaturated/α-hetero) is 1. The summed E-state index contributed by atoms with van der Waals surface area (Å²) in [6, 6.07) is 7.58. The summed E-state index contributed by atoms with van der Waals surface area (Å²) in [7, 11) is -3.76. The number of carbonyl (C=O) groups excluding carboxylic acids is 1. The minimum Gasteiger partial charge on any atom is -0.481 e. The third-order valence-electron chi connectivity index (χ3n) is 2.91. The lowest BCUT2D eigenvalue weighted by molar-refractivity contribution is -0.140. The highest BCUT2D eigenvalue weighted by Gasteiger charge is 2.27. The molecule has 0 heterocycles. The predicted molar refractivity (Wildman–Crippen MR) is 79.2 cm³/mol. The van der Waals surface area contributed by atoms with Gasteiger partial charge in [-0.05, 0) is 18.6 Å². The van der Waals surface area contributed by atoms with Gasteiger partial charge in [0.1, 0.15) is 5.92 Å². The first kappa shape index (κ1) is 18.0. The van der Waals surface area contributed by atoms with Crippen LogP contribution in [0.15, 0.2) is 35.2 Å². The summed E-state index contributed by atoms with van der Waals surface area (Å²) in [4.78, 5) is 22.4. The van der Waals surface area contributed by atoms with Crippen molar-refractivity contribution < 1.29 is 23.1 Å². The van der Waals surface area contributed by atoms with E-state index in [9.17, 15) is 18.0 Å². The second-order valence-electron chi connectivity index (χ2n) is 4.43. The number of aliphatic carboxylic acids is 1. The molecule has 9 heteroatoms. The minimum atomic E-state index is -3.76. The molecule has 1 rings (SSSR count). The second-order valence-corrected chi connectivity index (χ2v) is 6.20. The van der Waals surface area contributed by atoms with Crippen LogP contribution in [0.25, 0.3) is 0 Å². The molecule has 5 N–H and O–H groups in total. The summed E-state index contributed by atoms with van der Waals surface area (Å²) in [5.74, 6) is -3.54. The molecule has 0 radical (unpaired) electrons. The van der Waals surface area contributed by atoms with Gasteiger partial charge in [-0.1, -0.05) is 18.2 Å². The molecule has 8 nitrogen and oxygen atoms in total. The Bertz CT molecular complexity index is 658. The van der Waals surface area contributed by atoms with E-state index in [4.69, 9.17) is 16.2 Å². The zero-order valence-electron chi connectivity index (χ0n) is 11.7. The predicted octanol–water partition coefficient (Wildman–Crippen LogP) is -0.397. The Balaban J connectivity index is 2.70. The largest absolute Gasteiger partial charge is 0.481 e. The molecular formula is C13H17N3O5S. The van der Waals surface area contributed by atoms with E-state index < -0.39 is 40.0 Å². The average molecular weight is 327 g/mol. The SMILES string of the molecule is N=C(C(=O)CN)C(CCNS(=O)(=O)c1ccccc1)C(=O)O.